The van der Waals surface area contributed by atoms with Crippen molar-refractivity contribution in [1.29, 1.82) is 0 Å². The summed E-state index contributed by atoms with van der Waals surface area (Å²) in [7, 11) is 0. The second-order valence-electron chi connectivity index (χ2n) is 3.00. The van der Waals surface area contributed by atoms with Crippen LogP contribution in [0, 0.1) is 0 Å². The number of hydrogen-bond donors (Lipinski definition) is 2. The lowest BCUT2D eigenvalue weighted by atomic mass is 10.2. The molecule has 2 rings (SSSR count). The Morgan fingerprint density at radius 2 is 2.12 bits per heavy atom. The fourth-order valence-corrected chi connectivity index (χ4v) is 1.72. The fourth-order valence-electron chi connectivity index (χ4n) is 1.20. The van der Waals surface area contributed by atoms with Gasteiger partial charge in [-0.05, 0) is 12.1 Å². The zero-order valence-corrected chi connectivity index (χ0v) is 9.27. The highest BCUT2D eigenvalue weighted by molar-refractivity contribution is 7.13. The largest absolute Gasteiger partial charge is 0.478 e. The van der Waals surface area contributed by atoms with Gasteiger partial charge in [-0.1, -0.05) is 0 Å². The van der Waals surface area contributed by atoms with Crippen molar-refractivity contribution in [1.82, 2.24) is 9.97 Å². The van der Waals surface area contributed by atoms with Gasteiger partial charge in [0.25, 0.3) is 5.91 Å². The van der Waals surface area contributed by atoms with E-state index in [-0.39, 0.29) is 11.3 Å². The summed E-state index contributed by atoms with van der Waals surface area (Å²) in [5.74, 6) is -1.78. The number of pyridine rings is 1. The lowest BCUT2D eigenvalue weighted by Gasteiger charge is -2.03. The first kappa shape index (κ1) is 11.2. The third-order valence-corrected chi connectivity index (χ3v) is 2.59. The van der Waals surface area contributed by atoms with Crippen LogP contribution in [0.25, 0.3) is 0 Å². The van der Waals surface area contributed by atoms with E-state index in [9.17, 15) is 9.59 Å². The summed E-state index contributed by atoms with van der Waals surface area (Å²) in [6.07, 6.45) is 2.90. The van der Waals surface area contributed by atoms with Crippen LogP contribution in [0.1, 0.15) is 20.8 Å². The van der Waals surface area contributed by atoms with Crippen molar-refractivity contribution >= 4 is 28.3 Å². The predicted octanol–water partition coefficient (Wildman–Crippen LogP) is 1.49. The number of carboxylic acid groups (broad SMARTS) is 1. The van der Waals surface area contributed by atoms with Crippen LogP contribution in [0.15, 0.2) is 29.9 Å². The monoisotopic (exact) mass is 249 g/mol. The average molecular weight is 249 g/mol. The highest BCUT2D eigenvalue weighted by atomic mass is 32.1. The molecule has 2 aromatic rings. The van der Waals surface area contributed by atoms with Crippen LogP contribution in [0.2, 0.25) is 0 Å². The minimum Gasteiger partial charge on any atom is -0.478 e. The molecule has 2 aromatic heterocycles. The number of nitrogens with zero attached hydrogens (tertiary/aromatic N) is 2. The highest BCUT2D eigenvalue weighted by Crippen LogP contribution is 2.13. The van der Waals surface area contributed by atoms with Gasteiger partial charge < -0.3 is 5.11 Å². The number of aromatic carboxylic acids is 1. The van der Waals surface area contributed by atoms with Gasteiger partial charge in [0.15, 0.2) is 5.13 Å². The van der Waals surface area contributed by atoms with E-state index < -0.39 is 11.9 Å². The van der Waals surface area contributed by atoms with Crippen LogP contribution >= 0.6 is 11.3 Å². The molecular formula is C10H7N3O3S. The molecule has 0 fully saturated rings. The van der Waals surface area contributed by atoms with Gasteiger partial charge in [0.1, 0.15) is 5.69 Å². The van der Waals surface area contributed by atoms with Gasteiger partial charge in [0.05, 0.1) is 5.56 Å². The number of anilines is 1. The normalized spacial score (nSPS) is 9.88. The first-order valence-corrected chi connectivity index (χ1v) is 5.45. The smallest absolute Gasteiger partial charge is 0.338 e. The van der Waals surface area contributed by atoms with Crippen LogP contribution in [-0.4, -0.2) is 27.0 Å². The Labute approximate surface area is 100.0 Å². The molecule has 2 heterocycles. The van der Waals surface area contributed by atoms with Gasteiger partial charge >= 0.3 is 5.97 Å². The van der Waals surface area contributed by atoms with E-state index in [2.05, 4.69) is 15.3 Å². The molecule has 0 radical (unpaired) electrons. The molecular weight excluding hydrogens is 242 g/mol. The molecule has 0 unspecified atom stereocenters. The van der Waals surface area contributed by atoms with E-state index in [1.165, 1.54) is 35.9 Å². The minimum absolute atomic E-state index is 0.129. The minimum atomic E-state index is -1.19. The van der Waals surface area contributed by atoms with E-state index in [0.717, 1.165) is 0 Å². The molecule has 7 heteroatoms. The van der Waals surface area contributed by atoms with Gasteiger partial charge in [-0.3, -0.25) is 15.1 Å². The molecule has 0 aromatic carbocycles. The number of hydrogen-bond acceptors (Lipinski definition) is 5. The number of carboxylic acids is 1. The van der Waals surface area contributed by atoms with E-state index >= 15 is 0 Å². The van der Waals surface area contributed by atoms with Gasteiger partial charge in [0, 0.05) is 17.8 Å². The molecule has 0 aliphatic heterocycles. The lowest BCUT2D eigenvalue weighted by molar-refractivity contribution is 0.0691. The van der Waals surface area contributed by atoms with E-state index in [1.807, 2.05) is 0 Å². The number of carbonyl (C=O) groups is 2. The first-order valence-electron chi connectivity index (χ1n) is 4.57. The predicted molar refractivity (Wildman–Crippen MR) is 61.3 cm³/mol. The van der Waals surface area contributed by atoms with Crippen LogP contribution in [0.4, 0.5) is 5.13 Å². The topological polar surface area (TPSA) is 92.2 Å². The Morgan fingerprint density at radius 3 is 2.76 bits per heavy atom. The maximum Gasteiger partial charge on any atom is 0.338 e. The van der Waals surface area contributed by atoms with Crippen molar-refractivity contribution < 1.29 is 14.7 Å². The molecule has 1 amide bonds. The van der Waals surface area contributed by atoms with Crippen LogP contribution in [-0.2, 0) is 0 Å². The van der Waals surface area contributed by atoms with Crippen molar-refractivity contribution in [2.24, 2.45) is 0 Å². The van der Waals surface area contributed by atoms with E-state index in [4.69, 9.17) is 5.11 Å². The molecule has 0 saturated heterocycles. The first-order chi connectivity index (χ1) is 8.18. The summed E-state index contributed by atoms with van der Waals surface area (Å²) in [5.41, 5.74) is -0.267. The van der Waals surface area contributed by atoms with Gasteiger partial charge in [-0.2, -0.15) is 0 Å². The Hall–Kier alpha value is -2.28. The lowest BCUT2D eigenvalue weighted by Crippen LogP contribution is -2.17. The van der Waals surface area contributed by atoms with E-state index in [0.29, 0.717) is 5.13 Å². The second-order valence-corrected chi connectivity index (χ2v) is 3.89. The maximum atomic E-state index is 11.8. The number of nitrogens with one attached hydrogen (secondary N) is 1. The molecule has 0 aliphatic rings. The number of carbonyl (C=O) groups excluding carboxylic acids is 1. The second kappa shape index (κ2) is 4.71. The summed E-state index contributed by atoms with van der Waals surface area (Å²) in [5, 5.41) is 13.5. The van der Waals surface area contributed by atoms with Gasteiger partial charge in [-0.25, -0.2) is 9.78 Å². The highest BCUT2D eigenvalue weighted by Gasteiger charge is 2.18. The SMILES string of the molecule is O=C(O)c1cccnc1C(=O)Nc1nccs1. The Balaban J connectivity index is 2.28. The molecule has 0 spiro atoms. The zero-order valence-electron chi connectivity index (χ0n) is 8.45. The Morgan fingerprint density at radius 1 is 1.29 bits per heavy atom. The summed E-state index contributed by atoms with van der Waals surface area (Å²) in [6.45, 7) is 0. The van der Waals surface area contributed by atoms with Crippen LogP contribution < -0.4 is 5.32 Å². The number of amides is 1. The molecule has 0 saturated carbocycles. The number of aromatic nitrogens is 2. The van der Waals surface area contributed by atoms with Gasteiger partial charge in [0.2, 0.25) is 0 Å². The fraction of sp³-hybridized carbons (Fsp3) is 0. The summed E-state index contributed by atoms with van der Waals surface area (Å²) < 4.78 is 0. The summed E-state index contributed by atoms with van der Waals surface area (Å²) in [4.78, 5) is 30.3. The van der Waals surface area contributed by atoms with E-state index in [1.54, 1.807) is 5.38 Å². The standard InChI is InChI=1S/C10H7N3O3S/c14-8(13-10-12-4-5-17-10)7-6(9(15)16)2-1-3-11-7/h1-5H,(H,15,16)(H,12,13,14). The van der Waals surface area contributed by atoms with Crippen molar-refractivity contribution in [3.05, 3.63) is 41.2 Å². The maximum absolute atomic E-state index is 11.8. The van der Waals surface area contributed by atoms with Crippen LogP contribution in [0.5, 0.6) is 0 Å². The summed E-state index contributed by atoms with van der Waals surface area (Å²) in [6, 6.07) is 2.79. The Bertz CT molecular complexity index is 554. The third kappa shape index (κ3) is 2.45. The zero-order chi connectivity index (χ0) is 12.3. The average Bonchev–Trinajstić information content (AvgIpc) is 2.81. The van der Waals surface area contributed by atoms with Crippen molar-refractivity contribution in [3.8, 4) is 0 Å². The van der Waals surface area contributed by atoms with Crippen molar-refractivity contribution in [3.63, 3.8) is 0 Å². The quantitative estimate of drug-likeness (QED) is 0.859. The third-order valence-electron chi connectivity index (χ3n) is 1.91. The molecule has 6 nitrogen and oxygen atoms in total. The summed E-state index contributed by atoms with van der Waals surface area (Å²) >= 11 is 1.24. The number of rotatable bonds is 3. The molecule has 0 bridgehead atoms. The van der Waals surface area contributed by atoms with Crippen molar-refractivity contribution in [2.75, 3.05) is 5.32 Å². The van der Waals surface area contributed by atoms with Crippen LogP contribution in [0.3, 0.4) is 0 Å². The molecule has 0 aliphatic carbocycles. The molecule has 2 N–H and O–H groups in total. The molecule has 17 heavy (non-hydrogen) atoms. The van der Waals surface area contributed by atoms with Crippen molar-refractivity contribution in [2.45, 2.75) is 0 Å². The molecule has 0 atom stereocenters. The van der Waals surface area contributed by atoms with Gasteiger partial charge in [-0.15, -0.1) is 11.3 Å². The Kier molecular flexibility index (Phi) is 3.10. The molecule has 86 valence electrons. The number of thiazole rings is 1.